The van der Waals surface area contributed by atoms with E-state index in [4.69, 9.17) is 10.5 Å². The van der Waals surface area contributed by atoms with Crippen molar-refractivity contribution < 1.29 is 9.53 Å². The van der Waals surface area contributed by atoms with Crippen molar-refractivity contribution in [3.05, 3.63) is 53.9 Å². The van der Waals surface area contributed by atoms with Gasteiger partial charge in [0.1, 0.15) is 5.75 Å². The summed E-state index contributed by atoms with van der Waals surface area (Å²) in [5.74, 6) is 0.390. The van der Waals surface area contributed by atoms with E-state index in [2.05, 4.69) is 10.3 Å². The van der Waals surface area contributed by atoms with Crippen LogP contribution in [-0.4, -0.2) is 17.5 Å². The van der Waals surface area contributed by atoms with E-state index in [1.54, 1.807) is 30.6 Å². The highest BCUT2D eigenvalue weighted by Crippen LogP contribution is 2.23. The van der Waals surface area contributed by atoms with Gasteiger partial charge in [0, 0.05) is 24.5 Å². The molecular weight excluding hydrogens is 266 g/mol. The fraction of sp³-hybridized carbons (Fsp3) is 0.250. The van der Waals surface area contributed by atoms with Gasteiger partial charge in [0.2, 0.25) is 0 Å². The number of rotatable bonds is 6. The molecule has 1 heterocycles. The van der Waals surface area contributed by atoms with Crippen LogP contribution < -0.4 is 15.8 Å². The Kier molecular flexibility index (Phi) is 5.15. The van der Waals surface area contributed by atoms with Crippen LogP contribution in [0.5, 0.6) is 5.75 Å². The smallest absolute Gasteiger partial charge is 0.251 e. The van der Waals surface area contributed by atoms with Gasteiger partial charge >= 0.3 is 0 Å². The summed E-state index contributed by atoms with van der Waals surface area (Å²) in [6.07, 6.45) is 4.28. The van der Waals surface area contributed by atoms with E-state index in [0.29, 0.717) is 30.2 Å². The van der Waals surface area contributed by atoms with Crippen molar-refractivity contribution >= 4 is 11.6 Å². The molecule has 0 aliphatic heterocycles. The zero-order valence-corrected chi connectivity index (χ0v) is 12.0. The Hall–Kier alpha value is -2.56. The molecule has 0 saturated heterocycles. The summed E-state index contributed by atoms with van der Waals surface area (Å²) in [6.45, 7) is 3.05. The molecule has 0 fully saturated rings. The van der Waals surface area contributed by atoms with Gasteiger partial charge in [-0.2, -0.15) is 0 Å². The molecule has 0 atom stereocenters. The fourth-order valence-electron chi connectivity index (χ4n) is 1.80. The quantitative estimate of drug-likeness (QED) is 0.799. The Morgan fingerprint density at radius 2 is 2.05 bits per heavy atom. The van der Waals surface area contributed by atoms with Gasteiger partial charge in [-0.3, -0.25) is 9.78 Å². The summed E-state index contributed by atoms with van der Waals surface area (Å²) in [4.78, 5) is 16.1. The summed E-state index contributed by atoms with van der Waals surface area (Å²) in [6, 6.07) is 8.77. The molecule has 0 unspecified atom stereocenters. The molecule has 0 aliphatic rings. The van der Waals surface area contributed by atoms with E-state index in [1.807, 2.05) is 19.1 Å². The van der Waals surface area contributed by atoms with Gasteiger partial charge in [-0.05, 0) is 42.3 Å². The van der Waals surface area contributed by atoms with Crippen LogP contribution >= 0.6 is 0 Å². The van der Waals surface area contributed by atoms with E-state index in [0.717, 1.165) is 12.0 Å². The lowest BCUT2D eigenvalue weighted by atomic mass is 10.1. The third-order valence-corrected chi connectivity index (χ3v) is 2.94. The number of nitrogen functional groups attached to an aromatic ring is 1. The van der Waals surface area contributed by atoms with Crippen molar-refractivity contribution in [2.45, 2.75) is 19.9 Å². The van der Waals surface area contributed by atoms with Crippen LogP contribution in [0.2, 0.25) is 0 Å². The number of carbonyl (C=O) groups is 1. The number of hydrogen-bond donors (Lipinski definition) is 2. The van der Waals surface area contributed by atoms with Crippen LogP contribution in [0.4, 0.5) is 5.69 Å². The second-order valence-corrected chi connectivity index (χ2v) is 4.64. The lowest BCUT2D eigenvalue weighted by Crippen LogP contribution is -2.22. The minimum absolute atomic E-state index is 0.159. The number of amides is 1. The summed E-state index contributed by atoms with van der Waals surface area (Å²) >= 11 is 0. The maximum absolute atomic E-state index is 12.1. The minimum atomic E-state index is -0.159. The number of nitrogens with two attached hydrogens (primary N) is 1. The molecule has 3 N–H and O–H groups in total. The first-order valence-electron chi connectivity index (χ1n) is 6.90. The Balaban J connectivity index is 2.01. The zero-order valence-electron chi connectivity index (χ0n) is 12.0. The lowest BCUT2D eigenvalue weighted by molar-refractivity contribution is 0.0950. The molecule has 0 bridgehead atoms. The molecule has 2 rings (SSSR count). The maximum atomic E-state index is 12.1. The van der Waals surface area contributed by atoms with Crippen LogP contribution in [0.25, 0.3) is 0 Å². The average Bonchev–Trinajstić information content (AvgIpc) is 2.53. The zero-order chi connectivity index (χ0) is 15.1. The van der Waals surface area contributed by atoms with Gasteiger partial charge in [-0.15, -0.1) is 0 Å². The molecule has 2 aromatic rings. The number of nitrogens with one attached hydrogen (secondary N) is 1. The number of hydrogen-bond acceptors (Lipinski definition) is 4. The second kappa shape index (κ2) is 7.28. The van der Waals surface area contributed by atoms with Crippen molar-refractivity contribution in [3.8, 4) is 5.75 Å². The lowest BCUT2D eigenvalue weighted by Gasteiger charge is -2.10. The normalized spacial score (nSPS) is 10.1. The Morgan fingerprint density at radius 3 is 2.76 bits per heavy atom. The number of pyridine rings is 1. The molecular formula is C16H19N3O2. The van der Waals surface area contributed by atoms with Gasteiger partial charge in [0.05, 0.1) is 12.3 Å². The predicted octanol–water partition coefficient (Wildman–Crippen LogP) is 2.38. The van der Waals surface area contributed by atoms with Crippen molar-refractivity contribution in [1.29, 1.82) is 0 Å². The van der Waals surface area contributed by atoms with Gasteiger partial charge in [0.25, 0.3) is 5.91 Å². The molecule has 0 spiro atoms. The summed E-state index contributed by atoms with van der Waals surface area (Å²) in [5.41, 5.74) is 7.90. The molecule has 110 valence electrons. The van der Waals surface area contributed by atoms with Crippen LogP contribution in [0.3, 0.4) is 0 Å². The Morgan fingerprint density at radius 1 is 1.29 bits per heavy atom. The largest absolute Gasteiger partial charge is 0.491 e. The first-order valence-corrected chi connectivity index (χ1v) is 6.90. The standard InChI is InChI=1S/C16H19N3O2/c1-2-9-21-15-10-13(3-4-14(15)17)16(20)19-11-12-5-7-18-8-6-12/h3-8,10H,2,9,11,17H2,1H3,(H,19,20). The first-order chi connectivity index (χ1) is 10.2. The second-order valence-electron chi connectivity index (χ2n) is 4.64. The number of nitrogens with zero attached hydrogens (tertiary/aromatic N) is 1. The first kappa shape index (κ1) is 14.8. The van der Waals surface area contributed by atoms with Crippen LogP contribution in [0, 0.1) is 0 Å². The fourth-order valence-corrected chi connectivity index (χ4v) is 1.80. The molecule has 1 aromatic carbocycles. The predicted molar refractivity (Wildman–Crippen MR) is 82.0 cm³/mol. The van der Waals surface area contributed by atoms with Crippen LogP contribution in [0.15, 0.2) is 42.7 Å². The van der Waals surface area contributed by atoms with Gasteiger partial charge in [0.15, 0.2) is 0 Å². The highest BCUT2D eigenvalue weighted by molar-refractivity contribution is 5.95. The van der Waals surface area contributed by atoms with E-state index in [9.17, 15) is 4.79 Å². The Labute approximate surface area is 124 Å². The average molecular weight is 285 g/mol. The summed E-state index contributed by atoms with van der Waals surface area (Å²) in [7, 11) is 0. The third-order valence-electron chi connectivity index (χ3n) is 2.94. The molecule has 21 heavy (non-hydrogen) atoms. The monoisotopic (exact) mass is 285 g/mol. The molecule has 5 nitrogen and oxygen atoms in total. The van der Waals surface area contributed by atoms with Crippen molar-refractivity contribution in [2.24, 2.45) is 0 Å². The van der Waals surface area contributed by atoms with Crippen LogP contribution in [-0.2, 0) is 6.54 Å². The highest BCUT2D eigenvalue weighted by Gasteiger charge is 2.09. The molecule has 0 saturated carbocycles. The van der Waals surface area contributed by atoms with Gasteiger partial charge in [-0.25, -0.2) is 0 Å². The van der Waals surface area contributed by atoms with Gasteiger partial charge in [-0.1, -0.05) is 6.92 Å². The molecule has 1 aromatic heterocycles. The summed E-state index contributed by atoms with van der Waals surface area (Å²) in [5, 5.41) is 2.85. The SMILES string of the molecule is CCCOc1cc(C(=O)NCc2ccncc2)ccc1N. The van der Waals surface area contributed by atoms with Crippen molar-refractivity contribution in [2.75, 3.05) is 12.3 Å². The van der Waals surface area contributed by atoms with Crippen LogP contribution in [0.1, 0.15) is 29.3 Å². The van der Waals surface area contributed by atoms with Gasteiger partial charge < -0.3 is 15.8 Å². The minimum Gasteiger partial charge on any atom is -0.491 e. The summed E-state index contributed by atoms with van der Waals surface area (Å²) < 4.78 is 5.53. The molecule has 1 amide bonds. The molecule has 0 radical (unpaired) electrons. The number of aromatic nitrogens is 1. The van der Waals surface area contributed by atoms with E-state index in [-0.39, 0.29) is 5.91 Å². The van der Waals surface area contributed by atoms with E-state index >= 15 is 0 Å². The highest BCUT2D eigenvalue weighted by atomic mass is 16.5. The molecule has 5 heteroatoms. The van der Waals surface area contributed by atoms with Crippen molar-refractivity contribution in [1.82, 2.24) is 10.3 Å². The number of ether oxygens (including phenoxy) is 1. The van der Waals surface area contributed by atoms with Crippen molar-refractivity contribution in [3.63, 3.8) is 0 Å². The number of carbonyl (C=O) groups excluding carboxylic acids is 1. The topological polar surface area (TPSA) is 77.2 Å². The van der Waals surface area contributed by atoms with E-state index < -0.39 is 0 Å². The Bertz CT molecular complexity index is 600. The maximum Gasteiger partial charge on any atom is 0.251 e. The third kappa shape index (κ3) is 4.21. The number of anilines is 1. The van der Waals surface area contributed by atoms with E-state index in [1.165, 1.54) is 0 Å². The molecule has 0 aliphatic carbocycles. The number of benzene rings is 1.